The van der Waals surface area contributed by atoms with Gasteiger partial charge >= 0.3 is 5.97 Å². The second kappa shape index (κ2) is 7.74. The normalized spacial score (nSPS) is 18.1. The van der Waals surface area contributed by atoms with Crippen LogP contribution < -0.4 is 10.1 Å². The minimum absolute atomic E-state index is 0.0226. The van der Waals surface area contributed by atoms with Crippen molar-refractivity contribution in [2.45, 2.75) is 39.0 Å². The Morgan fingerprint density at radius 3 is 2.81 bits per heavy atom. The van der Waals surface area contributed by atoms with E-state index in [1.807, 2.05) is 55.1 Å². The monoisotopic (exact) mass is 356 g/mol. The molecule has 2 N–H and O–H groups in total. The van der Waals surface area contributed by atoms with Crippen molar-refractivity contribution in [1.82, 2.24) is 10.2 Å². The molecular formula is C20H24N2O4. The number of piperazine rings is 1. The van der Waals surface area contributed by atoms with Gasteiger partial charge in [-0.05, 0) is 30.7 Å². The van der Waals surface area contributed by atoms with Crippen LogP contribution in [0.15, 0.2) is 36.4 Å². The van der Waals surface area contributed by atoms with Gasteiger partial charge in [0.25, 0.3) is 0 Å². The first-order chi connectivity index (χ1) is 12.5. The second-order valence-corrected chi connectivity index (χ2v) is 6.81. The van der Waals surface area contributed by atoms with Gasteiger partial charge in [-0.15, -0.1) is 0 Å². The van der Waals surface area contributed by atoms with E-state index < -0.39 is 12.0 Å². The summed E-state index contributed by atoms with van der Waals surface area (Å²) in [6.45, 7) is 5.53. The topological polar surface area (TPSA) is 78.9 Å². The van der Waals surface area contributed by atoms with Crippen LogP contribution in [0.2, 0.25) is 0 Å². The average Bonchev–Trinajstić information content (AvgIpc) is 2.59. The highest BCUT2D eigenvalue weighted by atomic mass is 16.5. The Labute approximate surface area is 152 Å². The summed E-state index contributed by atoms with van der Waals surface area (Å²) in [5, 5.41) is 14.1. The first kappa shape index (κ1) is 18.2. The van der Waals surface area contributed by atoms with Gasteiger partial charge in [0.1, 0.15) is 11.8 Å². The molecule has 1 heterocycles. The zero-order valence-corrected chi connectivity index (χ0v) is 15.1. The molecule has 1 atom stereocenters. The molecule has 1 amide bonds. The predicted molar refractivity (Wildman–Crippen MR) is 99.2 cm³/mol. The number of ether oxygens (including phenoxy) is 1. The summed E-state index contributed by atoms with van der Waals surface area (Å²) in [6.07, 6.45) is -0.189. The van der Waals surface area contributed by atoms with Crippen molar-refractivity contribution in [3.8, 4) is 5.75 Å². The van der Waals surface area contributed by atoms with E-state index in [0.29, 0.717) is 19.6 Å². The van der Waals surface area contributed by atoms with Gasteiger partial charge in [-0.2, -0.15) is 0 Å². The molecule has 0 aromatic heterocycles. The van der Waals surface area contributed by atoms with E-state index in [4.69, 9.17) is 4.74 Å². The number of rotatable bonds is 6. The van der Waals surface area contributed by atoms with Crippen molar-refractivity contribution in [2.24, 2.45) is 0 Å². The van der Waals surface area contributed by atoms with Crippen LogP contribution in [0.5, 0.6) is 5.75 Å². The zero-order valence-electron chi connectivity index (χ0n) is 15.1. The number of carboxylic acids is 1. The van der Waals surface area contributed by atoms with Gasteiger partial charge in [0.15, 0.2) is 0 Å². The third-order valence-electron chi connectivity index (χ3n) is 4.53. The van der Waals surface area contributed by atoms with Crippen LogP contribution in [0.3, 0.4) is 0 Å². The van der Waals surface area contributed by atoms with E-state index in [0.717, 1.165) is 22.1 Å². The van der Waals surface area contributed by atoms with E-state index in [1.165, 1.54) is 0 Å². The highest BCUT2D eigenvalue weighted by Gasteiger charge is 2.32. The summed E-state index contributed by atoms with van der Waals surface area (Å²) in [4.78, 5) is 25.3. The molecule has 0 spiro atoms. The van der Waals surface area contributed by atoms with Crippen LogP contribution in [0, 0.1) is 0 Å². The number of hydrogen-bond acceptors (Lipinski definition) is 4. The van der Waals surface area contributed by atoms with E-state index in [2.05, 4.69) is 5.32 Å². The number of fused-ring (bicyclic) bond motifs is 1. The largest absolute Gasteiger partial charge is 0.491 e. The minimum atomic E-state index is -0.978. The van der Waals surface area contributed by atoms with Crippen molar-refractivity contribution in [2.75, 3.05) is 13.1 Å². The summed E-state index contributed by atoms with van der Waals surface area (Å²) >= 11 is 0. The van der Waals surface area contributed by atoms with Gasteiger partial charge in [0, 0.05) is 25.2 Å². The van der Waals surface area contributed by atoms with Gasteiger partial charge < -0.3 is 15.2 Å². The van der Waals surface area contributed by atoms with Crippen LogP contribution in [-0.4, -0.2) is 47.1 Å². The third kappa shape index (κ3) is 3.96. The molecule has 6 heteroatoms. The Morgan fingerprint density at radius 1 is 1.31 bits per heavy atom. The Balaban J connectivity index is 1.99. The van der Waals surface area contributed by atoms with Gasteiger partial charge in [0.2, 0.25) is 5.91 Å². The maximum absolute atomic E-state index is 12.2. The maximum Gasteiger partial charge on any atom is 0.305 e. The summed E-state index contributed by atoms with van der Waals surface area (Å²) < 4.78 is 5.99. The minimum Gasteiger partial charge on any atom is -0.491 e. The van der Waals surface area contributed by atoms with Crippen molar-refractivity contribution in [1.29, 1.82) is 0 Å². The summed E-state index contributed by atoms with van der Waals surface area (Å²) in [7, 11) is 0. The number of nitrogens with zero attached hydrogens (tertiary/aromatic N) is 1. The molecule has 2 aromatic carbocycles. The predicted octanol–water partition coefficient (Wildman–Crippen LogP) is 2.40. The average molecular weight is 356 g/mol. The molecule has 2 aromatic rings. The molecule has 26 heavy (non-hydrogen) atoms. The van der Waals surface area contributed by atoms with Crippen LogP contribution in [-0.2, 0) is 16.1 Å². The Morgan fingerprint density at radius 2 is 2.08 bits per heavy atom. The first-order valence-electron chi connectivity index (χ1n) is 8.86. The van der Waals surface area contributed by atoms with Crippen LogP contribution in [0.25, 0.3) is 10.8 Å². The Hall–Kier alpha value is -2.60. The molecule has 0 bridgehead atoms. The molecule has 1 fully saturated rings. The number of aliphatic carboxylic acids is 1. The SMILES string of the molecule is CC(C)Oc1ccc2ccccc2c1CN1CCNC(=O)C1CC(=O)O. The second-order valence-electron chi connectivity index (χ2n) is 6.81. The molecule has 3 rings (SSSR count). The molecule has 0 aliphatic carbocycles. The maximum atomic E-state index is 12.2. The molecule has 0 saturated carbocycles. The van der Waals surface area contributed by atoms with Crippen molar-refractivity contribution in [3.63, 3.8) is 0 Å². The molecule has 6 nitrogen and oxygen atoms in total. The fraction of sp³-hybridized carbons (Fsp3) is 0.400. The van der Waals surface area contributed by atoms with Crippen molar-refractivity contribution >= 4 is 22.6 Å². The van der Waals surface area contributed by atoms with Crippen LogP contribution >= 0.6 is 0 Å². The van der Waals surface area contributed by atoms with Crippen molar-refractivity contribution in [3.05, 3.63) is 42.0 Å². The van der Waals surface area contributed by atoms with E-state index >= 15 is 0 Å². The van der Waals surface area contributed by atoms with Gasteiger partial charge in [-0.25, -0.2) is 0 Å². The molecule has 1 saturated heterocycles. The quantitative estimate of drug-likeness (QED) is 0.831. The number of carbonyl (C=O) groups excluding carboxylic acids is 1. The Kier molecular flexibility index (Phi) is 5.42. The number of hydrogen-bond donors (Lipinski definition) is 2. The van der Waals surface area contributed by atoms with Gasteiger partial charge in [0.05, 0.1) is 12.5 Å². The lowest BCUT2D eigenvalue weighted by Crippen LogP contribution is -2.55. The standard InChI is InChI=1S/C20H24N2O4/c1-13(2)26-18-8-7-14-5-3-4-6-15(14)16(18)12-22-10-9-21-20(25)17(22)11-19(23)24/h3-8,13,17H,9-12H2,1-2H3,(H,21,25)(H,23,24). The molecule has 1 unspecified atom stereocenters. The highest BCUT2D eigenvalue weighted by Crippen LogP contribution is 2.31. The number of benzene rings is 2. The lowest BCUT2D eigenvalue weighted by molar-refractivity contribution is -0.143. The fourth-order valence-electron chi connectivity index (χ4n) is 3.39. The van der Waals surface area contributed by atoms with E-state index in [-0.39, 0.29) is 18.4 Å². The summed E-state index contributed by atoms with van der Waals surface area (Å²) in [6, 6.07) is 11.3. The lowest BCUT2D eigenvalue weighted by atomic mass is 10.0. The Bertz CT molecular complexity index is 819. The van der Waals surface area contributed by atoms with Crippen molar-refractivity contribution < 1.29 is 19.4 Å². The summed E-state index contributed by atoms with van der Waals surface area (Å²) in [5.74, 6) is -0.433. The number of nitrogens with one attached hydrogen (secondary N) is 1. The molecule has 138 valence electrons. The molecule has 1 aliphatic rings. The van der Waals surface area contributed by atoms with Gasteiger partial charge in [-0.3, -0.25) is 14.5 Å². The fourth-order valence-corrected chi connectivity index (χ4v) is 3.39. The number of amides is 1. The first-order valence-corrected chi connectivity index (χ1v) is 8.86. The van der Waals surface area contributed by atoms with Gasteiger partial charge in [-0.1, -0.05) is 30.3 Å². The molecule has 0 radical (unpaired) electrons. The smallest absolute Gasteiger partial charge is 0.305 e. The molecular weight excluding hydrogens is 332 g/mol. The van der Waals surface area contributed by atoms with Crippen LogP contribution in [0.4, 0.5) is 0 Å². The highest BCUT2D eigenvalue weighted by molar-refractivity contribution is 5.89. The number of carbonyl (C=O) groups is 2. The number of carboxylic acid groups (broad SMARTS) is 1. The summed E-state index contributed by atoms with van der Waals surface area (Å²) in [5.41, 5.74) is 0.988. The van der Waals surface area contributed by atoms with Crippen LogP contribution in [0.1, 0.15) is 25.8 Å². The lowest BCUT2D eigenvalue weighted by Gasteiger charge is -2.35. The van der Waals surface area contributed by atoms with E-state index in [9.17, 15) is 14.7 Å². The zero-order chi connectivity index (χ0) is 18.7. The third-order valence-corrected chi connectivity index (χ3v) is 4.53. The van der Waals surface area contributed by atoms with E-state index in [1.54, 1.807) is 0 Å². The molecule has 1 aliphatic heterocycles.